The van der Waals surface area contributed by atoms with Crippen molar-refractivity contribution in [1.29, 1.82) is 0 Å². The van der Waals surface area contributed by atoms with Crippen molar-refractivity contribution in [2.75, 3.05) is 19.6 Å². The van der Waals surface area contributed by atoms with Crippen LogP contribution >= 0.6 is 11.6 Å². The van der Waals surface area contributed by atoms with E-state index in [9.17, 15) is 4.79 Å². The number of amides is 1. The molecule has 0 spiro atoms. The van der Waals surface area contributed by atoms with Crippen molar-refractivity contribution in [3.8, 4) is 0 Å². The van der Waals surface area contributed by atoms with Crippen molar-refractivity contribution in [2.45, 2.75) is 32.4 Å². The number of halogens is 1. The van der Waals surface area contributed by atoms with Crippen LogP contribution in [0.15, 0.2) is 43.0 Å². The minimum Gasteiger partial charge on any atom is -0.356 e. The smallest absolute Gasteiger partial charge is 0.224 e. The fraction of sp³-hybridized carbons (Fsp3) is 0.474. The number of rotatable bonds is 7. The maximum Gasteiger partial charge on any atom is 0.224 e. The standard InChI is InChI=1S/C19H25ClN4O/c20-18-6-1-4-16(12-18)13-24-9-2-5-17(14-24)19(25)22-7-3-10-23-11-8-21-15-23/h1,4,6,8,11-12,15,17H,2-3,5,7,9-10,13-14H2,(H,22,25). The third-order valence-electron chi connectivity index (χ3n) is 4.62. The third kappa shape index (κ3) is 5.58. The average Bonchev–Trinajstić information content (AvgIpc) is 3.12. The lowest BCUT2D eigenvalue weighted by Gasteiger charge is -2.32. The van der Waals surface area contributed by atoms with Gasteiger partial charge in [-0.15, -0.1) is 0 Å². The van der Waals surface area contributed by atoms with Crippen LogP contribution in [-0.2, 0) is 17.9 Å². The van der Waals surface area contributed by atoms with Crippen LogP contribution in [0.1, 0.15) is 24.8 Å². The second kappa shape index (κ2) is 9.02. The Hall–Kier alpha value is -1.85. The van der Waals surface area contributed by atoms with E-state index in [1.807, 2.05) is 29.0 Å². The molecule has 6 heteroatoms. The number of aromatic nitrogens is 2. The van der Waals surface area contributed by atoms with E-state index in [1.54, 1.807) is 12.5 Å². The summed E-state index contributed by atoms with van der Waals surface area (Å²) in [5.74, 6) is 0.266. The minimum atomic E-state index is 0.0844. The van der Waals surface area contributed by atoms with Crippen LogP contribution in [0.2, 0.25) is 5.02 Å². The Labute approximate surface area is 154 Å². The summed E-state index contributed by atoms with van der Waals surface area (Å²) in [6.07, 6.45) is 8.47. The molecule has 0 bridgehead atoms. The SMILES string of the molecule is O=C(NCCCn1ccnc1)C1CCCN(Cc2cccc(Cl)c2)C1. The van der Waals surface area contributed by atoms with E-state index in [0.29, 0.717) is 6.54 Å². The highest BCUT2D eigenvalue weighted by Crippen LogP contribution is 2.20. The Balaban J connectivity index is 1.41. The fourth-order valence-corrected chi connectivity index (χ4v) is 3.56. The largest absolute Gasteiger partial charge is 0.356 e. The summed E-state index contributed by atoms with van der Waals surface area (Å²) in [5, 5.41) is 3.85. The van der Waals surface area contributed by atoms with Crippen LogP contribution in [0.5, 0.6) is 0 Å². The van der Waals surface area contributed by atoms with Crippen molar-refractivity contribution in [3.63, 3.8) is 0 Å². The lowest BCUT2D eigenvalue weighted by molar-refractivity contribution is -0.126. The zero-order valence-electron chi connectivity index (χ0n) is 14.4. The van der Waals surface area contributed by atoms with E-state index in [0.717, 1.165) is 50.5 Å². The second-order valence-electron chi connectivity index (χ2n) is 6.65. The van der Waals surface area contributed by atoms with E-state index in [4.69, 9.17) is 11.6 Å². The Morgan fingerprint density at radius 1 is 1.40 bits per heavy atom. The second-order valence-corrected chi connectivity index (χ2v) is 7.09. The fourth-order valence-electron chi connectivity index (χ4n) is 3.34. The van der Waals surface area contributed by atoms with Crippen LogP contribution in [0, 0.1) is 5.92 Å². The van der Waals surface area contributed by atoms with Gasteiger partial charge in [0.25, 0.3) is 0 Å². The summed E-state index contributed by atoms with van der Waals surface area (Å²) in [4.78, 5) is 18.8. The topological polar surface area (TPSA) is 50.2 Å². The molecular formula is C19H25ClN4O. The molecule has 1 atom stereocenters. The first-order chi connectivity index (χ1) is 12.2. The predicted octanol–water partition coefficient (Wildman–Crippen LogP) is 2.96. The van der Waals surface area contributed by atoms with Gasteiger partial charge in [-0.25, -0.2) is 4.98 Å². The molecule has 1 aromatic carbocycles. The van der Waals surface area contributed by atoms with Gasteiger partial charge in [0.1, 0.15) is 0 Å². The number of likely N-dealkylation sites (tertiary alicyclic amines) is 1. The molecule has 25 heavy (non-hydrogen) atoms. The number of piperidine rings is 1. The number of aryl methyl sites for hydroxylation is 1. The molecule has 0 aliphatic carbocycles. The predicted molar refractivity (Wildman–Crippen MR) is 99.3 cm³/mol. The summed E-state index contributed by atoms with van der Waals surface area (Å²) in [6.45, 7) is 4.30. The molecule has 1 aromatic heterocycles. The Bertz CT molecular complexity index is 674. The molecule has 0 saturated carbocycles. The van der Waals surface area contributed by atoms with E-state index in [-0.39, 0.29) is 11.8 Å². The molecule has 2 aromatic rings. The first kappa shape index (κ1) is 18.0. The highest BCUT2D eigenvalue weighted by atomic mass is 35.5. The maximum absolute atomic E-state index is 12.4. The molecular weight excluding hydrogens is 336 g/mol. The van der Waals surface area contributed by atoms with Gasteiger partial charge in [-0.2, -0.15) is 0 Å². The van der Waals surface area contributed by atoms with E-state index in [2.05, 4.69) is 21.3 Å². The molecule has 2 heterocycles. The van der Waals surface area contributed by atoms with Gasteiger partial charge in [-0.05, 0) is 43.5 Å². The van der Waals surface area contributed by atoms with Gasteiger partial charge in [0.2, 0.25) is 5.91 Å². The van der Waals surface area contributed by atoms with Gasteiger partial charge in [0, 0.05) is 43.6 Å². The molecule has 5 nitrogen and oxygen atoms in total. The van der Waals surface area contributed by atoms with Crippen molar-refractivity contribution in [1.82, 2.24) is 19.8 Å². The Morgan fingerprint density at radius 3 is 3.12 bits per heavy atom. The number of carbonyl (C=O) groups is 1. The Morgan fingerprint density at radius 2 is 2.32 bits per heavy atom. The average molecular weight is 361 g/mol. The summed E-state index contributed by atoms with van der Waals surface area (Å²) < 4.78 is 2.03. The number of nitrogens with one attached hydrogen (secondary N) is 1. The summed E-state index contributed by atoms with van der Waals surface area (Å²) in [5.41, 5.74) is 1.20. The quantitative estimate of drug-likeness (QED) is 0.772. The molecule has 3 rings (SSSR count). The van der Waals surface area contributed by atoms with Gasteiger partial charge in [-0.3, -0.25) is 9.69 Å². The molecule has 1 aliphatic rings. The zero-order chi connectivity index (χ0) is 17.5. The molecule has 1 N–H and O–H groups in total. The molecule has 1 unspecified atom stereocenters. The number of imidazole rings is 1. The molecule has 134 valence electrons. The lowest BCUT2D eigenvalue weighted by atomic mass is 9.96. The van der Waals surface area contributed by atoms with Crippen molar-refractivity contribution in [2.24, 2.45) is 5.92 Å². The van der Waals surface area contributed by atoms with Gasteiger partial charge >= 0.3 is 0 Å². The first-order valence-corrected chi connectivity index (χ1v) is 9.29. The molecule has 1 fully saturated rings. The highest BCUT2D eigenvalue weighted by molar-refractivity contribution is 6.30. The minimum absolute atomic E-state index is 0.0844. The number of hydrogen-bond acceptors (Lipinski definition) is 3. The number of benzene rings is 1. The van der Waals surface area contributed by atoms with Crippen molar-refractivity contribution in [3.05, 3.63) is 53.6 Å². The van der Waals surface area contributed by atoms with Crippen LogP contribution in [0.25, 0.3) is 0 Å². The highest BCUT2D eigenvalue weighted by Gasteiger charge is 2.25. The third-order valence-corrected chi connectivity index (χ3v) is 4.86. The number of carbonyl (C=O) groups excluding carboxylic acids is 1. The molecule has 0 radical (unpaired) electrons. The van der Waals surface area contributed by atoms with Crippen molar-refractivity contribution >= 4 is 17.5 Å². The van der Waals surface area contributed by atoms with Gasteiger partial charge in [0.15, 0.2) is 0 Å². The monoisotopic (exact) mass is 360 g/mol. The molecule has 1 amide bonds. The zero-order valence-corrected chi connectivity index (χ0v) is 15.2. The van der Waals surface area contributed by atoms with Crippen LogP contribution in [0.3, 0.4) is 0 Å². The normalized spacial score (nSPS) is 18.2. The van der Waals surface area contributed by atoms with Crippen molar-refractivity contribution < 1.29 is 4.79 Å². The summed E-state index contributed by atoms with van der Waals surface area (Å²) in [6, 6.07) is 7.96. The van der Waals surface area contributed by atoms with E-state index < -0.39 is 0 Å². The van der Waals surface area contributed by atoms with Crippen LogP contribution in [0.4, 0.5) is 0 Å². The van der Waals surface area contributed by atoms with Crippen LogP contribution < -0.4 is 5.32 Å². The summed E-state index contributed by atoms with van der Waals surface area (Å²) >= 11 is 6.06. The molecule has 1 aliphatic heterocycles. The number of nitrogens with zero attached hydrogens (tertiary/aromatic N) is 3. The first-order valence-electron chi connectivity index (χ1n) is 8.91. The number of hydrogen-bond donors (Lipinski definition) is 1. The maximum atomic E-state index is 12.4. The Kier molecular flexibility index (Phi) is 6.48. The van der Waals surface area contributed by atoms with E-state index in [1.165, 1.54) is 5.56 Å². The summed E-state index contributed by atoms with van der Waals surface area (Å²) in [7, 11) is 0. The van der Waals surface area contributed by atoms with Gasteiger partial charge < -0.3 is 9.88 Å². The lowest BCUT2D eigenvalue weighted by Crippen LogP contribution is -2.43. The van der Waals surface area contributed by atoms with Crippen LogP contribution in [-0.4, -0.2) is 40.0 Å². The van der Waals surface area contributed by atoms with Gasteiger partial charge in [-0.1, -0.05) is 23.7 Å². The van der Waals surface area contributed by atoms with E-state index >= 15 is 0 Å². The molecule has 1 saturated heterocycles. The van der Waals surface area contributed by atoms with Gasteiger partial charge in [0.05, 0.1) is 12.2 Å².